The van der Waals surface area contributed by atoms with E-state index >= 15 is 0 Å². The van der Waals surface area contributed by atoms with Gasteiger partial charge in [0.1, 0.15) is 6.04 Å². The Labute approximate surface area is 194 Å². The maximum atomic E-state index is 13.1. The van der Waals surface area contributed by atoms with Gasteiger partial charge in [-0.15, -0.1) is 0 Å². The molecule has 0 saturated heterocycles. The standard InChI is InChI=1S/C25H28N4O3S/c30-25(27-16-14-19-8-9-19)24(17-20-5-2-1-3-6-20)29-33(31,32)23-12-10-21(11-13-23)28-22-7-4-15-26-18-22/h1-7,10-13,15,18-19,24,28-29H,8-9,14,16-17H2,(H,27,30)/t24-/m0/s1. The van der Waals surface area contributed by atoms with Crippen LogP contribution in [0.5, 0.6) is 0 Å². The average molecular weight is 465 g/mol. The van der Waals surface area contributed by atoms with Gasteiger partial charge in [0.15, 0.2) is 0 Å². The molecular formula is C25H28N4O3S. The Bertz CT molecular complexity index is 1150. The molecule has 0 radical (unpaired) electrons. The largest absolute Gasteiger partial charge is 0.355 e. The molecule has 1 amide bonds. The van der Waals surface area contributed by atoms with Gasteiger partial charge in [-0.3, -0.25) is 9.78 Å². The summed E-state index contributed by atoms with van der Waals surface area (Å²) in [6.45, 7) is 0.561. The fourth-order valence-electron chi connectivity index (χ4n) is 3.54. The minimum Gasteiger partial charge on any atom is -0.355 e. The molecule has 1 heterocycles. The van der Waals surface area contributed by atoms with Gasteiger partial charge in [0.05, 0.1) is 16.8 Å². The molecule has 3 N–H and O–H groups in total. The minimum atomic E-state index is -3.89. The van der Waals surface area contributed by atoms with Gasteiger partial charge < -0.3 is 10.6 Å². The second kappa shape index (κ2) is 10.6. The topological polar surface area (TPSA) is 100 Å². The summed E-state index contributed by atoms with van der Waals surface area (Å²) in [6.07, 6.45) is 6.99. The molecule has 0 bridgehead atoms. The zero-order valence-electron chi connectivity index (χ0n) is 18.3. The number of anilines is 2. The predicted molar refractivity (Wildman–Crippen MR) is 129 cm³/mol. The van der Waals surface area contributed by atoms with E-state index in [-0.39, 0.29) is 17.2 Å². The number of nitrogens with one attached hydrogen (secondary N) is 3. The second-order valence-electron chi connectivity index (χ2n) is 8.28. The number of rotatable bonds is 11. The molecule has 1 saturated carbocycles. The Balaban J connectivity index is 1.45. The van der Waals surface area contributed by atoms with Crippen molar-refractivity contribution in [2.45, 2.75) is 36.6 Å². The number of hydrogen-bond acceptors (Lipinski definition) is 5. The SMILES string of the molecule is O=C(NCCC1CC1)[C@H](Cc1ccccc1)NS(=O)(=O)c1ccc(Nc2cccnc2)cc1. The number of carbonyl (C=O) groups excluding carboxylic acids is 1. The zero-order valence-corrected chi connectivity index (χ0v) is 19.1. The first-order valence-corrected chi connectivity index (χ1v) is 12.6. The highest BCUT2D eigenvalue weighted by molar-refractivity contribution is 7.89. The first-order chi connectivity index (χ1) is 16.0. The van der Waals surface area contributed by atoms with Crippen LogP contribution in [0.15, 0.2) is 84.0 Å². The third kappa shape index (κ3) is 6.87. The van der Waals surface area contributed by atoms with Gasteiger partial charge in [-0.1, -0.05) is 43.2 Å². The number of carbonyl (C=O) groups is 1. The summed E-state index contributed by atoms with van der Waals surface area (Å²) in [4.78, 5) is 17.0. The van der Waals surface area contributed by atoms with Crippen LogP contribution in [0.25, 0.3) is 0 Å². The molecule has 0 aliphatic heterocycles. The van der Waals surface area contributed by atoms with E-state index in [1.165, 1.54) is 25.0 Å². The van der Waals surface area contributed by atoms with E-state index in [1.807, 2.05) is 42.5 Å². The molecule has 33 heavy (non-hydrogen) atoms. The maximum Gasteiger partial charge on any atom is 0.241 e. The fourth-order valence-corrected chi connectivity index (χ4v) is 4.74. The lowest BCUT2D eigenvalue weighted by atomic mass is 10.1. The normalized spacial score (nSPS) is 14.4. The Morgan fingerprint density at radius 3 is 2.39 bits per heavy atom. The molecule has 4 rings (SSSR count). The van der Waals surface area contributed by atoms with Gasteiger partial charge >= 0.3 is 0 Å². The van der Waals surface area contributed by atoms with Crippen molar-refractivity contribution in [1.82, 2.24) is 15.0 Å². The molecule has 172 valence electrons. The quantitative estimate of drug-likeness (QED) is 0.402. The first kappa shape index (κ1) is 22.9. The van der Waals surface area contributed by atoms with Crippen LogP contribution in [0.2, 0.25) is 0 Å². The molecule has 0 unspecified atom stereocenters. The second-order valence-corrected chi connectivity index (χ2v) is 9.99. The van der Waals surface area contributed by atoms with E-state index in [1.54, 1.807) is 24.5 Å². The van der Waals surface area contributed by atoms with Crippen LogP contribution in [-0.4, -0.2) is 31.9 Å². The molecule has 2 aromatic carbocycles. The summed E-state index contributed by atoms with van der Waals surface area (Å²) in [5.41, 5.74) is 2.43. The van der Waals surface area contributed by atoms with E-state index in [0.717, 1.165) is 23.4 Å². The van der Waals surface area contributed by atoms with Gasteiger partial charge in [-0.25, -0.2) is 8.42 Å². The van der Waals surface area contributed by atoms with Crippen molar-refractivity contribution in [1.29, 1.82) is 0 Å². The molecule has 1 fully saturated rings. The summed E-state index contributed by atoms with van der Waals surface area (Å²) >= 11 is 0. The van der Waals surface area contributed by atoms with E-state index in [2.05, 4.69) is 20.3 Å². The minimum absolute atomic E-state index is 0.100. The smallest absolute Gasteiger partial charge is 0.241 e. The average Bonchev–Trinajstić information content (AvgIpc) is 3.65. The number of pyridine rings is 1. The van der Waals surface area contributed by atoms with Crippen molar-refractivity contribution in [3.8, 4) is 0 Å². The molecule has 1 atom stereocenters. The van der Waals surface area contributed by atoms with Crippen LogP contribution in [0.4, 0.5) is 11.4 Å². The highest BCUT2D eigenvalue weighted by Gasteiger charge is 2.27. The summed E-state index contributed by atoms with van der Waals surface area (Å²) in [6, 6.07) is 18.6. The van der Waals surface area contributed by atoms with Crippen molar-refractivity contribution in [2.24, 2.45) is 5.92 Å². The Kier molecular flexibility index (Phi) is 7.36. The number of benzene rings is 2. The van der Waals surface area contributed by atoms with Crippen LogP contribution in [0.1, 0.15) is 24.8 Å². The first-order valence-electron chi connectivity index (χ1n) is 11.1. The van der Waals surface area contributed by atoms with Crippen molar-refractivity contribution in [3.63, 3.8) is 0 Å². The Hall–Kier alpha value is -3.23. The molecule has 8 heteroatoms. The van der Waals surface area contributed by atoms with Gasteiger partial charge in [0, 0.05) is 18.4 Å². The molecule has 0 spiro atoms. The van der Waals surface area contributed by atoms with E-state index in [0.29, 0.717) is 12.5 Å². The van der Waals surface area contributed by atoms with Crippen LogP contribution in [-0.2, 0) is 21.2 Å². The summed E-state index contributed by atoms with van der Waals surface area (Å²) < 4.78 is 28.8. The highest BCUT2D eigenvalue weighted by atomic mass is 32.2. The third-order valence-corrected chi connectivity index (χ3v) is 7.05. The number of hydrogen-bond donors (Lipinski definition) is 3. The lowest BCUT2D eigenvalue weighted by Crippen LogP contribution is -2.48. The third-order valence-electron chi connectivity index (χ3n) is 5.56. The Morgan fingerprint density at radius 2 is 1.73 bits per heavy atom. The van der Waals surface area contributed by atoms with Crippen molar-refractivity contribution >= 4 is 27.3 Å². The van der Waals surface area contributed by atoms with Crippen molar-refractivity contribution < 1.29 is 13.2 Å². The van der Waals surface area contributed by atoms with E-state index < -0.39 is 16.1 Å². The molecule has 1 aromatic heterocycles. The van der Waals surface area contributed by atoms with Gasteiger partial charge in [0.25, 0.3) is 0 Å². The number of nitrogens with zero attached hydrogens (tertiary/aromatic N) is 1. The summed E-state index contributed by atoms with van der Waals surface area (Å²) in [5.74, 6) is 0.381. The van der Waals surface area contributed by atoms with Crippen LogP contribution in [0, 0.1) is 5.92 Å². The number of amides is 1. The number of aromatic nitrogens is 1. The highest BCUT2D eigenvalue weighted by Crippen LogP contribution is 2.31. The maximum absolute atomic E-state index is 13.1. The summed E-state index contributed by atoms with van der Waals surface area (Å²) in [7, 11) is -3.89. The van der Waals surface area contributed by atoms with E-state index in [9.17, 15) is 13.2 Å². The number of sulfonamides is 1. The monoisotopic (exact) mass is 464 g/mol. The molecule has 1 aliphatic rings. The van der Waals surface area contributed by atoms with Crippen LogP contribution < -0.4 is 15.4 Å². The van der Waals surface area contributed by atoms with Gasteiger partial charge in [0.2, 0.25) is 15.9 Å². The van der Waals surface area contributed by atoms with Crippen LogP contribution >= 0.6 is 0 Å². The predicted octanol–water partition coefficient (Wildman–Crippen LogP) is 3.63. The molecular weight excluding hydrogens is 436 g/mol. The molecule has 1 aliphatic carbocycles. The lowest BCUT2D eigenvalue weighted by Gasteiger charge is -2.19. The van der Waals surface area contributed by atoms with Gasteiger partial charge in [-0.2, -0.15) is 4.72 Å². The van der Waals surface area contributed by atoms with Gasteiger partial charge in [-0.05, 0) is 60.7 Å². The van der Waals surface area contributed by atoms with Crippen molar-refractivity contribution in [2.75, 3.05) is 11.9 Å². The van der Waals surface area contributed by atoms with E-state index in [4.69, 9.17) is 0 Å². The zero-order chi connectivity index (χ0) is 23.1. The summed E-state index contributed by atoms with van der Waals surface area (Å²) in [5, 5.41) is 6.07. The Morgan fingerprint density at radius 1 is 0.970 bits per heavy atom. The molecule has 7 nitrogen and oxygen atoms in total. The molecule has 3 aromatic rings. The van der Waals surface area contributed by atoms with Crippen LogP contribution in [0.3, 0.4) is 0 Å². The fraction of sp³-hybridized carbons (Fsp3) is 0.280. The lowest BCUT2D eigenvalue weighted by molar-refractivity contribution is -0.122. The van der Waals surface area contributed by atoms with Crippen molar-refractivity contribution in [3.05, 3.63) is 84.7 Å².